The zero-order chi connectivity index (χ0) is 21.6. The number of aromatic hydroxyl groups is 1. The Labute approximate surface area is 182 Å². The number of anilines is 2. The molecule has 1 aromatic heterocycles. The van der Waals surface area contributed by atoms with Gasteiger partial charge in [0, 0.05) is 37.6 Å². The van der Waals surface area contributed by atoms with Crippen LogP contribution in [-0.4, -0.2) is 54.0 Å². The van der Waals surface area contributed by atoms with Gasteiger partial charge in [0.2, 0.25) is 0 Å². The second-order valence-corrected chi connectivity index (χ2v) is 7.69. The minimum Gasteiger partial charge on any atom is -0.507 e. The Morgan fingerprint density at radius 1 is 1.10 bits per heavy atom. The maximum absolute atomic E-state index is 10.5. The maximum Gasteiger partial charge on any atom is 0.165 e. The summed E-state index contributed by atoms with van der Waals surface area (Å²) in [6.45, 7) is 6.03. The fraction of sp³-hybridized carbons (Fsp3) is 0.333. The molecule has 7 nitrogen and oxygen atoms in total. The molecule has 162 valence electrons. The lowest BCUT2D eigenvalue weighted by molar-refractivity contribution is 0.122. The highest BCUT2D eigenvalue weighted by molar-refractivity contribution is 5.75. The Bertz CT molecular complexity index is 1000. The van der Waals surface area contributed by atoms with Crippen LogP contribution < -0.4 is 16.0 Å². The molecule has 0 bridgehead atoms. The number of morpholine rings is 1. The van der Waals surface area contributed by atoms with Gasteiger partial charge in [-0.2, -0.15) is 0 Å². The van der Waals surface area contributed by atoms with Crippen LogP contribution in [0, 0.1) is 0 Å². The van der Waals surface area contributed by atoms with Crippen LogP contribution in [-0.2, 0) is 4.74 Å². The molecule has 31 heavy (non-hydrogen) atoms. The lowest BCUT2D eigenvalue weighted by atomic mass is 10.0. The average Bonchev–Trinajstić information content (AvgIpc) is 2.83. The van der Waals surface area contributed by atoms with Crippen molar-refractivity contribution < 1.29 is 9.84 Å². The lowest BCUT2D eigenvalue weighted by Crippen LogP contribution is -2.36. The van der Waals surface area contributed by atoms with Gasteiger partial charge < -0.3 is 25.8 Å². The largest absolute Gasteiger partial charge is 0.507 e. The van der Waals surface area contributed by atoms with Gasteiger partial charge in [-0.05, 0) is 47.9 Å². The van der Waals surface area contributed by atoms with Gasteiger partial charge >= 0.3 is 0 Å². The minimum atomic E-state index is 0.0654. The van der Waals surface area contributed by atoms with E-state index in [2.05, 4.69) is 51.4 Å². The molecule has 0 aliphatic carbocycles. The molecule has 1 atom stereocenters. The summed E-state index contributed by atoms with van der Waals surface area (Å²) in [6, 6.07) is 15.9. The normalized spacial score (nSPS) is 15.0. The zero-order valence-electron chi connectivity index (χ0n) is 17.8. The lowest BCUT2D eigenvalue weighted by Gasteiger charge is -2.28. The van der Waals surface area contributed by atoms with E-state index in [1.165, 1.54) is 5.69 Å². The number of benzene rings is 2. The Balaban J connectivity index is 1.56. The van der Waals surface area contributed by atoms with E-state index < -0.39 is 0 Å². The molecule has 7 heteroatoms. The third-order valence-corrected chi connectivity index (χ3v) is 5.54. The number of nitrogens with zero attached hydrogens (tertiary/aromatic N) is 3. The van der Waals surface area contributed by atoms with Gasteiger partial charge in [0.15, 0.2) is 5.82 Å². The van der Waals surface area contributed by atoms with Crippen molar-refractivity contribution in [2.24, 2.45) is 5.73 Å². The Morgan fingerprint density at radius 2 is 1.84 bits per heavy atom. The molecule has 0 radical (unpaired) electrons. The summed E-state index contributed by atoms with van der Waals surface area (Å²) in [5.41, 5.74) is 9.84. The Morgan fingerprint density at radius 3 is 2.58 bits per heavy atom. The first-order valence-corrected chi connectivity index (χ1v) is 10.7. The summed E-state index contributed by atoms with van der Waals surface area (Å²) in [7, 11) is 0. The smallest absolute Gasteiger partial charge is 0.165 e. The predicted octanol–water partition coefficient (Wildman–Crippen LogP) is 3.50. The predicted molar refractivity (Wildman–Crippen MR) is 124 cm³/mol. The summed E-state index contributed by atoms with van der Waals surface area (Å²) in [5.74, 6) is 1.31. The van der Waals surface area contributed by atoms with Crippen LogP contribution in [0.2, 0.25) is 0 Å². The molecule has 0 saturated carbocycles. The summed E-state index contributed by atoms with van der Waals surface area (Å²) >= 11 is 0. The minimum absolute atomic E-state index is 0.0654. The monoisotopic (exact) mass is 419 g/mol. The number of aromatic nitrogens is 2. The number of ether oxygens (including phenoxy) is 1. The quantitative estimate of drug-likeness (QED) is 0.539. The number of nitrogens with two attached hydrogens (primary N) is 1. The van der Waals surface area contributed by atoms with Crippen molar-refractivity contribution in [2.75, 3.05) is 43.1 Å². The van der Waals surface area contributed by atoms with E-state index in [4.69, 9.17) is 10.5 Å². The molecule has 1 saturated heterocycles. The van der Waals surface area contributed by atoms with Crippen molar-refractivity contribution >= 4 is 11.5 Å². The average molecular weight is 420 g/mol. The van der Waals surface area contributed by atoms with Crippen LogP contribution in [0.25, 0.3) is 22.5 Å². The standard InChI is InChI=1S/C24H29N5O2/c1-2-19(25)16-27-23-9-10-26-24(28-23)21-15-18(5-8-22(21)30)17-3-6-20(7-4-17)29-11-13-31-14-12-29/h3-10,15,19,30H,2,11-14,16,25H2,1H3,(H,26,27,28)/t19-/m0/s1. The molecule has 1 aliphatic heterocycles. The summed E-state index contributed by atoms with van der Waals surface area (Å²) in [6.07, 6.45) is 2.57. The van der Waals surface area contributed by atoms with Gasteiger partial charge in [-0.3, -0.25) is 0 Å². The molecule has 2 heterocycles. The van der Waals surface area contributed by atoms with Crippen molar-refractivity contribution in [1.82, 2.24) is 9.97 Å². The molecule has 3 aromatic rings. The molecule has 1 fully saturated rings. The third kappa shape index (κ3) is 5.13. The number of hydrogen-bond acceptors (Lipinski definition) is 7. The molecule has 4 rings (SSSR count). The van der Waals surface area contributed by atoms with E-state index >= 15 is 0 Å². The number of rotatable bonds is 7. The SMILES string of the molecule is CC[C@H](N)CNc1ccnc(-c2cc(-c3ccc(N4CCOCC4)cc3)ccc2O)n1. The first-order valence-electron chi connectivity index (χ1n) is 10.7. The second-order valence-electron chi connectivity index (χ2n) is 7.69. The zero-order valence-corrected chi connectivity index (χ0v) is 17.8. The molecule has 0 spiro atoms. The number of hydrogen-bond donors (Lipinski definition) is 3. The molecule has 4 N–H and O–H groups in total. The summed E-state index contributed by atoms with van der Waals surface area (Å²) < 4.78 is 5.43. The molecule has 2 aromatic carbocycles. The topological polar surface area (TPSA) is 96.5 Å². The molecular weight excluding hydrogens is 390 g/mol. The van der Waals surface area contributed by atoms with E-state index in [9.17, 15) is 5.11 Å². The van der Waals surface area contributed by atoms with Gasteiger partial charge in [0.05, 0.1) is 18.8 Å². The van der Waals surface area contributed by atoms with E-state index in [0.29, 0.717) is 23.8 Å². The van der Waals surface area contributed by atoms with Gasteiger partial charge in [-0.25, -0.2) is 9.97 Å². The van der Waals surface area contributed by atoms with Gasteiger partial charge in [0.1, 0.15) is 11.6 Å². The highest BCUT2D eigenvalue weighted by Crippen LogP contribution is 2.33. The van der Waals surface area contributed by atoms with Crippen LogP contribution in [0.5, 0.6) is 5.75 Å². The highest BCUT2D eigenvalue weighted by Gasteiger charge is 2.13. The molecule has 1 aliphatic rings. The summed E-state index contributed by atoms with van der Waals surface area (Å²) in [5, 5.41) is 13.7. The van der Waals surface area contributed by atoms with Crippen molar-refractivity contribution in [3.63, 3.8) is 0 Å². The molecule has 0 amide bonds. The molecular formula is C24H29N5O2. The van der Waals surface area contributed by atoms with E-state index in [-0.39, 0.29) is 11.8 Å². The maximum atomic E-state index is 10.5. The van der Waals surface area contributed by atoms with E-state index in [1.807, 2.05) is 12.1 Å². The van der Waals surface area contributed by atoms with Crippen LogP contribution in [0.15, 0.2) is 54.7 Å². The fourth-order valence-corrected chi connectivity index (χ4v) is 3.55. The fourth-order valence-electron chi connectivity index (χ4n) is 3.55. The Kier molecular flexibility index (Phi) is 6.64. The first kappa shape index (κ1) is 21.1. The van der Waals surface area contributed by atoms with Gasteiger partial charge in [0.25, 0.3) is 0 Å². The van der Waals surface area contributed by atoms with Crippen LogP contribution in [0.1, 0.15) is 13.3 Å². The van der Waals surface area contributed by atoms with Crippen molar-refractivity contribution in [2.45, 2.75) is 19.4 Å². The van der Waals surface area contributed by atoms with E-state index in [0.717, 1.165) is 43.9 Å². The van der Waals surface area contributed by atoms with Gasteiger partial charge in [-0.1, -0.05) is 25.1 Å². The molecule has 0 unspecified atom stereocenters. The Hall–Kier alpha value is -3.16. The third-order valence-electron chi connectivity index (χ3n) is 5.54. The van der Waals surface area contributed by atoms with Crippen LogP contribution >= 0.6 is 0 Å². The van der Waals surface area contributed by atoms with Crippen LogP contribution in [0.4, 0.5) is 11.5 Å². The number of phenols is 1. The van der Waals surface area contributed by atoms with Gasteiger partial charge in [-0.15, -0.1) is 0 Å². The second kappa shape index (κ2) is 9.76. The van der Waals surface area contributed by atoms with E-state index in [1.54, 1.807) is 18.3 Å². The van der Waals surface area contributed by atoms with Crippen molar-refractivity contribution in [1.29, 1.82) is 0 Å². The van der Waals surface area contributed by atoms with Crippen molar-refractivity contribution in [3.05, 3.63) is 54.7 Å². The van der Waals surface area contributed by atoms with Crippen molar-refractivity contribution in [3.8, 4) is 28.3 Å². The van der Waals surface area contributed by atoms with Crippen LogP contribution in [0.3, 0.4) is 0 Å². The number of nitrogens with one attached hydrogen (secondary N) is 1. The first-order chi connectivity index (χ1) is 15.1. The number of phenolic OH excluding ortho intramolecular Hbond substituents is 1. The highest BCUT2D eigenvalue weighted by atomic mass is 16.5. The summed E-state index contributed by atoms with van der Waals surface area (Å²) in [4.78, 5) is 11.3.